The molecule has 0 saturated carbocycles. The highest BCUT2D eigenvalue weighted by atomic mass is 32.1. The Bertz CT molecular complexity index is 1140. The fraction of sp³-hybridized carbons (Fsp3) is 0.0909. The van der Waals surface area contributed by atoms with Crippen LogP contribution in [0.5, 0.6) is 5.75 Å². The first-order valence-electron chi connectivity index (χ1n) is 9.45. The number of nitrogens with one attached hydrogen (secondary N) is 2. The van der Waals surface area contributed by atoms with Gasteiger partial charge in [0.15, 0.2) is 0 Å². The van der Waals surface area contributed by atoms with Crippen molar-refractivity contribution >= 4 is 28.8 Å². The number of nitrogens with zero attached hydrogens (tertiary/aromatic N) is 3. The van der Waals surface area contributed by atoms with E-state index < -0.39 is 0 Å². The van der Waals surface area contributed by atoms with E-state index in [0.29, 0.717) is 23.6 Å². The normalized spacial score (nSPS) is 10.5. The molecule has 8 nitrogen and oxygen atoms in total. The molecule has 0 aliphatic rings. The Morgan fingerprint density at radius 3 is 2.71 bits per heavy atom. The maximum Gasteiger partial charge on any atom is 0.251 e. The first-order valence-corrected chi connectivity index (χ1v) is 10.4. The number of amides is 2. The average molecular weight is 433 g/mol. The van der Waals surface area contributed by atoms with Gasteiger partial charge in [-0.25, -0.2) is 9.67 Å². The number of rotatable bonds is 8. The summed E-state index contributed by atoms with van der Waals surface area (Å²) in [4.78, 5) is 28.7. The Balaban J connectivity index is 1.27. The summed E-state index contributed by atoms with van der Waals surface area (Å²) in [5.74, 6) is -0.123. The number of benzene rings is 2. The van der Waals surface area contributed by atoms with E-state index in [1.54, 1.807) is 52.8 Å². The van der Waals surface area contributed by atoms with Gasteiger partial charge in [0, 0.05) is 29.0 Å². The van der Waals surface area contributed by atoms with E-state index >= 15 is 0 Å². The molecular weight excluding hydrogens is 414 g/mol. The number of aromatic nitrogens is 3. The summed E-state index contributed by atoms with van der Waals surface area (Å²) in [5.41, 5.74) is 4.49. The molecule has 9 heteroatoms. The minimum absolute atomic E-state index is 0.149. The third-order valence-corrected chi connectivity index (χ3v) is 4.93. The molecule has 0 saturated heterocycles. The molecule has 0 aliphatic carbocycles. The molecule has 2 heterocycles. The van der Waals surface area contributed by atoms with Gasteiger partial charge in [-0.2, -0.15) is 5.10 Å². The van der Waals surface area contributed by atoms with Crippen LogP contribution in [0.15, 0.2) is 77.9 Å². The maximum atomic E-state index is 12.4. The standard InChI is InChI=1S/C22H19N5O3S/c28-21(26-17-5-7-19(8-6-17)27-10-2-9-25-27)12-23-22(29)16-3-1-4-20(11-16)30-13-18-14-31-15-24-18/h1-11,14-15H,12-13H2,(H,23,29)(H,26,28). The Kier molecular flexibility index (Phi) is 6.34. The molecule has 4 rings (SSSR count). The highest BCUT2D eigenvalue weighted by molar-refractivity contribution is 7.07. The number of hydrogen-bond donors (Lipinski definition) is 2. The zero-order chi connectivity index (χ0) is 21.5. The van der Waals surface area contributed by atoms with Gasteiger partial charge in [-0.05, 0) is 48.5 Å². The SMILES string of the molecule is O=C(CNC(=O)c1cccc(OCc2cscn2)c1)Nc1ccc(-n2cccn2)cc1. The van der Waals surface area contributed by atoms with Crippen LogP contribution in [0.2, 0.25) is 0 Å². The molecule has 0 radical (unpaired) electrons. The smallest absolute Gasteiger partial charge is 0.251 e. The van der Waals surface area contributed by atoms with Crippen molar-refractivity contribution in [2.24, 2.45) is 0 Å². The molecular formula is C22H19N5O3S. The summed E-state index contributed by atoms with van der Waals surface area (Å²) in [6.45, 7) is 0.180. The number of hydrogen-bond acceptors (Lipinski definition) is 6. The van der Waals surface area contributed by atoms with Gasteiger partial charge in [0.05, 0.1) is 23.4 Å². The molecule has 0 aliphatic heterocycles. The average Bonchev–Trinajstić information content (AvgIpc) is 3.51. The minimum Gasteiger partial charge on any atom is -0.487 e. The van der Waals surface area contributed by atoms with Crippen molar-refractivity contribution < 1.29 is 14.3 Å². The molecule has 2 aromatic heterocycles. The van der Waals surface area contributed by atoms with Gasteiger partial charge in [-0.15, -0.1) is 11.3 Å². The number of carbonyl (C=O) groups is 2. The van der Waals surface area contributed by atoms with Crippen LogP contribution < -0.4 is 15.4 Å². The van der Waals surface area contributed by atoms with Crippen LogP contribution in [0, 0.1) is 0 Å². The molecule has 0 bridgehead atoms. The van der Waals surface area contributed by atoms with Gasteiger partial charge in [-0.3, -0.25) is 9.59 Å². The summed E-state index contributed by atoms with van der Waals surface area (Å²) in [7, 11) is 0. The third-order valence-electron chi connectivity index (χ3n) is 4.30. The van der Waals surface area contributed by atoms with Crippen molar-refractivity contribution in [2.45, 2.75) is 6.61 Å². The fourth-order valence-electron chi connectivity index (χ4n) is 2.78. The third kappa shape index (κ3) is 5.55. The van der Waals surface area contributed by atoms with E-state index in [9.17, 15) is 9.59 Å². The summed E-state index contributed by atoms with van der Waals surface area (Å²) in [6.07, 6.45) is 3.53. The summed E-state index contributed by atoms with van der Waals surface area (Å²) in [5, 5.41) is 11.4. The van der Waals surface area contributed by atoms with Crippen LogP contribution in [0.1, 0.15) is 16.1 Å². The van der Waals surface area contributed by atoms with Crippen molar-refractivity contribution in [3.05, 3.63) is 89.1 Å². The van der Waals surface area contributed by atoms with Crippen LogP contribution in [-0.2, 0) is 11.4 Å². The molecule has 0 atom stereocenters. The van der Waals surface area contributed by atoms with Crippen LogP contribution in [0.25, 0.3) is 5.69 Å². The Morgan fingerprint density at radius 1 is 1.10 bits per heavy atom. The fourth-order valence-corrected chi connectivity index (χ4v) is 3.32. The molecule has 4 aromatic rings. The first kappa shape index (κ1) is 20.3. The molecule has 2 N–H and O–H groups in total. The van der Waals surface area contributed by atoms with Gasteiger partial charge < -0.3 is 15.4 Å². The zero-order valence-corrected chi connectivity index (χ0v) is 17.2. The number of anilines is 1. The van der Waals surface area contributed by atoms with Crippen molar-refractivity contribution in [2.75, 3.05) is 11.9 Å². The van der Waals surface area contributed by atoms with Gasteiger partial charge in [0.2, 0.25) is 5.91 Å². The lowest BCUT2D eigenvalue weighted by Crippen LogP contribution is -2.32. The Labute approximate surface area is 182 Å². The molecule has 0 fully saturated rings. The second kappa shape index (κ2) is 9.68. The monoisotopic (exact) mass is 433 g/mol. The van der Waals surface area contributed by atoms with Gasteiger partial charge in [0.25, 0.3) is 5.91 Å². The number of carbonyl (C=O) groups excluding carboxylic acids is 2. The van der Waals surface area contributed by atoms with Crippen molar-refractivity contribution in [1.29, 1.82) is 0 Å². The quantitative estimate of drug-likeness (QED) is 0.444. The van der Waals surface area contributed by atoms with Crippen LogP contribution >= 0.6 is 11.3 Å². The van der Waals surface area contributed by atoms with E-state index in [1.807, 2.05) is 29.8 Å². The van der Waals surface area contributed by atoms with E-state index in [4.69, 9.17) is 4.74 Å². The molecule has 0 spiro atoms. The summed E-state index contributed by atoms with van der Waals surface area (Å²) in [6, 6.07) is 15.9. The molecule has 31 heavy (non-hydrogen) atoms. The summed E-state index contributed by atoms with van der Waals surface area (Å²) < 4.78 is 7.38. The van der Waals surface area contributed by atoms with Crippen LogP contribution in [-0.4, -0.2) is 33.1 Å². The molecule has 156 valence electrons. The molecule has 2 amide bonds. The molecule has 0 unspecified atom stereocenters. The van der Waals surface area contributed by atoms with Crippen LogP contribution in [0.4, 0.5) is 5.69 Å². The highest BCUT2D eigenvalue weighted by Gasteiger charge is 2.10. The summed E-state index contributed by atoms with van der Waals surface area (Å²) >= 11 is 1.50. The second-order valence-corrected chi connectivity index (χ2v) is 7.24. The lowest BCUT2D eigenvalue weighted by molar-refractivity contribution is -0.115. The van der Waals surface area contributed by atoms with Crippen molar-refractivity contribution in [3.63, 3.8) is 0 Å². The minimum atomic E-state index is -0.358. The topological polar surface area (TPSA) is 98.1 Å². The largest absolute Gasteiger partial charge is 0.487 e. The van der Waals surface area contributed by atoms with E-state index in [-0.39, 0.29) is 18.4 Å². The zero-order valence-electron chi connectivity index (χ0n) is 16.4. The number of ether oxygens (including phenoxy) is 1. The lowest BCUT2D eigenvalue weighted by atomic mass is 10.2. The van der Waals surface area contributed by atoms with Gasteiger partial charge in [-0.1, -0.05) is 6.07 Å². The van der Waals surface area contributed by atoms with Crippen molar-refractivity contribution in [1.82, 2.24) is 20.1 Å². The first-order chi connectivity index (χ1) is 15.2. The maximum absolute atomic E-state index is 12.4. The second-order valence-electron chi connectivity index (χ2n) is 6.52. The Morgan fingerprint density at radius 2 is 1.97 bits per heavy atom. The number of thiazole rings is 1. The highest BCUT2D eigenvalue weighted by Crippen LogP contribution is 2.16. The predicted molar refractivity (Wildman–Crippen MR) is 117 cm³/mol. The predicted octanol–water partition coefficient (Wildman–Crippen LogP) is 3.28. The Hall–Kier alpha value is -3.98. The lowest BCUT2D eigenvalue weighted by Gasteiger charge is -2.09. The van der Waals surface area contributed by atoms with E-state index in [2.05, 4.69) is 20.7 Å². The van der Waals surface area contributed by atoms with Gasteiger partial charge in [0.1, 0.15) is 12.4 Å². The van der Waals surface area contributed by atoms with E-state index in [0.717, 1.165) is 11.4 Å². The van der Waals surface area contributed by atoms with Gasteiger partial charge >= 0.3 is 0 Å². The van der Waals surface area contributed by atoms with E-state index in [1.165, 1.54) is 11.3 Å². The molecule has 2 aromatic carbocycles. The van der Waals surface area contributed by atoms with Crippen molar-refractivity contribution in [3.8, 4) is 11.4 Å². The van der Waals surface area contributed by atoms with Crippen LogP contribution in [0.3, 0.4) is 0 Å².